The summed E-state index contributed by atoms with van der Waals surface area (Å²) in [5.41, 5.74) is 0. The molecule has 0 aromatic carbocycles. The Bertz CT molecular complexity index is 324. The highest BCUT2D eigenvalue weighted by Crippen LogP contribution is 2.22. The van der Waals surface area contributed by atoms with E-state index < -0.39 is 12.6 Å². The molecule has 0 bridgehead atoms. The molecule has 0 aliphatic carbocycles. The standard InChI is InChI=1S/C11H15F3N2O/c1-17-9-4-5-10(16-8-9)15-7-3-2-6-11(12,13)14/h4-5,8H,2-3,6-7H2,1H3,(H,15,16). The van der Waals surface area contributed by atoms with Gasteiger partial charge < -0.3 is 10.1 Å². The smallest absolute Gasteiger partial charge is 0.389 e. The van der Waals surface area contributed by atoms with Crippen molar-refractivity contribution in [3.8, 4) is 5.75 Å². The lowest BCUT2D eigenvalue weighted by atomic mass is 10.2. The number of nitrogens with zero attached hydrogens (tertiary/aromatic N) is 1. The third-order valence-electron chi connectivity index (χ3n) is 2.17. The summed E-state index contributed by atoms with van der Waals surface area (Å²) in [7, 11) is 1.54. The van der Waals surface area contributed by atoms with Gasteiger partial charge in [0.15, 0.2) is 0 Å². The summed E-state index contributed by atoms with van der Waals surface area (Å²) in [5, 5.41) is 2.95. The first kappa shape index (κ1) is 13.6. The second kappa shape index (κ2) is 6.32. The molecular weight excluding hydrogens is 233 g/mol. The van der Waals surface area contributed by atoms with E-state index in [0.29, 0.717) is 24.5 Å². The quantitative estimate of drug-likeness (QED) is 0.785. The zero-order valence-corrected chi connectivity index (χ0v) is 9.55. The Hall–Kier alpha value is -1.46. The molecule has 17 heavy (non-hydrogen) atoms. The predicted molar refractivity (Wildman–Crippen MR) is 59.2 cm³/mol. The predicted octanol–water partition coefficient (Wildman–Crippen LogP) is 3.23. The van der Waals surface area contributed by atoms with Gasteiger partial charge in [-0.25, -0.2) is 4.98 Å². The van der Waals surface area contributed by atoms with E-state index in [0.717, 1.165) is 0 Å². The zero-order chi connectivity index (χ0) is 12.7. The minimum absolute atomic E-state index is 0.132. The van der Waals surface area contributed by atoms with Gasteiger partial charge >= 0.3 is 6.18 Å². The van der Waals surface area contributed by atoms with E-state index >= 15 is 0 Å². The van der Waals surface area contributed by atoms with Crippen molar-refractivity contribution in [3.05, 3.63) is 18.3 Å². The summed E-state index contributed by atoms with van der Waals surface area (Å²) < 4.78 is 40.5. The molecule has 3 nitrogen and oxygen atoms in total. The molecule has 6 heteroatoms. The Balaban J connectivity index is 2.18. The lowest BCUT2D eigenvalue weighted by molar-refractivity contribution is -0.135. The average molecular weight is 248 g/mol. The fraction of sp³-hybridized carbons (Fsp3) is 0.545. The van der Waals surface area contributed by atoms with E-state index in [1.54, 1.807) is 25.4 Å². The van der Waals surface area contributed by atoms with Crippen LogP contribution in [0.3, 0.4) is 0 Å². The van der Waals surface area contributed by atoms with Crippen LogP contribution in [-0.4, -0.2) is 24.8 Å². The van der Waals surface area contributed by atoms with Gasteiger partial charge in [-0.3, -0.25) is 0 Å². The first-order chi connectivity index (χ1) is 8.01. The molecule has 1 rings (SSSR count). The fourth-order valence-corrected chi connectivity index (χ4v) is 1.27. The lowest BCUT2D eigenvalue weighted by Crippen LogP contribution is -2.09. The van der Waals surface area contributed by atoms with Crippen molar-refractivity contribution in [2.45, 2.75) is 25.4 Å². The molecular formula is C11H15F3N2O. The highest BCUT2D eigenvalue weighted by atomic mass is 19.4. The van der Waals surface area contributed by atoms with Crippen LogP contribution in [-0.2, 0) is 0 Å². The van der Waals surface area contributed by atoms with Gasteiger partial charge in [-0.15, -0.1) is 0 Å². The third kappa shape index (κ3) is 5.99. The maximum Gasteiger partial charge on any atom is 0.389 e. The van der Waals surface area contributed by atoms with E-state index in [9.17, 15) is 13.2 Å². The molecule has 0 aliphatic rings. The molecule has 1 heterocycles. The maximum absolute atomic E-state index is 11.8. The molecule has 0 radical (unpaired) electrons. The lowest BCUT2D eigenvalue weighted by Gasteiger charge is -2.07. The maximum atomic E-state index is 11.8. The highest BCUT2D eigenvalue weighted by molar-refractivity contribution is 5.37. The third-order valence-corrected chi connectivity index (χ3v) is 2.17. The SMILES string of the molecule is COc1ccc(NCCCCC(F)(F)F)nc1. The first-order valence-corrected chi connectivity index (χ1v) is 5.32. The van der Waals surface area contributed by atoms with Crippen LogP contribution in [0.4, 0.5) is 19.0 Å². The van der Waals surface area contributed by atoms with Gasteiger partial charge in [0.05, 0.1) is 13.3 Å². The van der Waals surface area contributed by atoms with Gasteiger partial charge in [0.1, 0.15) is 11.6 Å². The van der Waals surface area contributed by atoms with Gasteiger partial charge in [0, 0.05) is 13.0 Å². The van der Waals surface area contributed by atoms with E-state index in [1.165, 1.54) is 0 Å². The number of aromatic nitrogens is 1. The van der Waals surface area contributed by atoms with Crippen LogP contribution in [0.2, 0.25) is 0 Å². The van der Waals surface area contributed by atoms with E-state index in [1.807, 2.05) is 0 Å². The van der Waals surface area contributed by atoms with Crippen molar-refractivity contribution in [1.82, 2.24) is 4.98 Å². The Kier molecular flexibility index (Phi) is 5.06. The summed E-state index contributed by atoms with van der Waals surface area (Å²) in [4.78, 5) is 4.04. The van der Waals surface area contributed by atoms with Crippen LogP contribution in [0, 0.1) is 0 Å². The Morgan fingerprint density at radius 1 is 1.29 bits per heavy atom. The highest BCUT2D eigenvalue weighted by Gasteiger charge is 2.25. The van der Waals surface area contributed by atoms with Crippen LogP contribution in [0.25, 0.3) is 0 Å². The van der Waals surface area contributed by atoms with Gasteiger partial charge in [-0.05, 0) is 25.0 Å². The van der Waals surface area contributed by atoms with Crippen molar-refractivity contribution in [2.75, 3.05) is 19.0 Å². The molecule has 0 amide bonds. The molecule has 0 spiro atoms. The summed E-state index contributed by atoms with van der Waals surface area (Å²) in [5.74, 6) is 1.28. The molecule has 1 aromatic rings. The minimum Gasteiger partial charge on any atom is -0.495 e. The number of hydrogen-bond acceptors (Lipinski definition) is 3. The van der Waals surface area contributed by atoms with E-state index in [-0.39, 0.29) is 6.42 Å². The van der Waals surface area contributed by atoms with Crippen LogP contribution in [0.15, 0.2) is 18.3 Å². The number of methoxy groups -OCH3 is 1. The number of ether oxygens (including phenoxy) is 1. The monoisotopic (exact) mass is 248 g/mol. The van der Waals surface area contributed by atoms with Gasteiger partial charge in [-0.2, -0.15) is 13.2 Å². The molecule has 0 fully saturated rings. The van der Waals surface area contributed by atoms with Crippen molar-refractivity contribution < 1.29 is 17.9 Å². The number of pyridine rings is 1. The topological polar surface area (TPSA) is 34.1 Å². The molecule has 1 N–H and O–H groups in total. The molecule has 0 aliphatic heterocycles. The normalized spacial score (nSPS) is 11.3. The molecule has 0 atom stereocenters. The fourth-order valence-electron chi connectivity index (χ4n) is 1.27. The van der Waals surface area contributed by atoms with Crippen molar-refractivity contribution in [3.63, 3.8) is 0 Å². The number of hydrogen-bond donors (Lipinski definition) is 1. The molecule has 0 unspecified atom stereocenters. The van der Waals surface area contributed by atoms with E-state index in [2.05, 4.69) is 10.3 Å². The second-order valence-electron chi connectivity index (χ2n) is 3.58. The summed E-state index contributed by atoms with van der Waals surface area (Å²) in [6.07, 6.45) is -2.64. The Labute approximate surface area is 98.0 Å². The Morgan fingerprint density at radius 3 is 2.59 bits per heavy atom. The molecule has 1 aromatic heterocycles. The number of nitrogens with one attached hydrogen (secondary N) is 1. The Morgan fingerprint density at radius 2 is 2.06 bits per heavy atom. The largest absolute Gasteiger partial charge is 0.495 e. The van der Waals surface area contributed by atoms with Gasteiger partial charge in [0.2, 0.25) is 0 Å². The molecule has 0 saturated carbocycles. The minimum atomic E-state index is -4.06. The number of anilines is 1. The number of rotatable bonds is 6. The second-order valence-corrected chi connectivity index (χ2v) is 3.58. The summed E-state index contributed by atoms with van der Waals surface area (Å²) >= 11 is 0. The van der Waals surface area contributed by atoms with Crippen LogP contribution >= 0.6 is 0 Å². The number of alkyl halides is 3. The van der Waals surface area contributed by atoms with Gasteiger partial charge in [-0.1, -0.05) is 0 Å². The summed E-state index contributed by atoms with van der Waals surface area (Å²) in [6, 6.07) is 3.47. The van der Waals surface area contributed by atoms with Crippen LogP contribution in [0.5, 0.6) is 5.75 Å². The van der Waals surface area contributed by atoms with Crippen LogP contribution in [0.1, 0.15) is 19.3 Å². The van der Waals surface area contributed by atoms with Crippen molar-refractivity contribution >= 4 is 5.82 Å². The number of halogens is 3. The number of unbranched alkanes of at least 4 members (excludes halogenated alkanes) is 1. The first-order valence-electron chi connectivity index (χ1n) is 5.32. The van der Waals surface area contributed by atoms with Crippen molar-refractivity contribution in [2.24, 2.45) is 0 Å². The summed E-state index contributed by atoms with van der Waals surface area (Å²) in [6.45, 7) is 0.482. The van der Waals surface area contributed by atoms with Crippen molar-refractivity contribution in [1.29, 1.82) is 0 Å². The van der Waals surface area contributed by atoms with Gasteiger partial charge in [0.25, 0.3) is 0 Å². The molecule has 0 saturated heterocycles. The zero-order valence-electron chi connectivity index (χ0n) is 9.55. The van der Waals surface area contributed by atoms with E-state index in [4.69, 9.17) is 4.74 Å². The average Bonchev–Trinajstić information content (AvgIpc) is 2.28. The van der Waals surface area contributed by atoms with Crippen LogP contribution < -0.4 is 10.1 Å². The molecule has 96 valence electrons.